The van der Waals surface area contributed by atoms with Crippen LogP contribution < -0.4 is 0 Å². The van der Waals surface area contributed by atoms with Crippen LogP contribution in [0.1, 0.15) is 56.3 Å². The zero-order chi connectivity index (χ0) is 26.3. The Morgan fingerprint density at radius 2 is 1.51 bits per heavy atom. The molecule has 2 saturated heterocycles. The second-order valence-electron chi connectivity index (χ2n) is 11.1. The molecule has 0 aliphatic carbocycles. The van der Waals surface area contributed by atoms with Gasteiger partial charge in [-0.1, -0.05) is 78.9 Å². The van der Waals surface area contributed by atoms with Gasteiger partial charge in [0.1, 0.15) is 11.2 Å². The molecule has 0 aromatic heterocycles. The molecule has 37 heavy (non-hydrogen) atoms. The molecule has 2 heterocycles. The lowest BCUT2D eigenvalue weighted by molar-refractivity contribution is -0.184. The standard InChI is InChI=1S/C31H35NO5/c1-22(23-9-11-24(12-10-23)25-13-15-26(16-14-25)30(35)20-36-21-30)32-18-17-31(37-28(32)33,19-29(2,3)34)27-7-5-4-6-8-27/h4-16,22,34-35H,17-21H2,1-3H3. The van der Waals surface area contributed by atoms with E-state index < -0.39 is 16.8 Å². The first-order chi connectivity index (χ1) is 17.6. The quantitative estimate of drug-likeness (QED) is 0.445. The van der Waals surface area contributed by atoms with E-state index in [0.717, 1.165) is 27.8 Å². The number of hydrogen-bond donors (Lipinski definition) is 2. The predicted octanol–water partition coefficient (Wildman–Crippen LogP) is 5.53. The van der Waals surface area contributed by atoms with Crippen LogP contribution in [0.2, 0.25) is 0 Å². The van der Waals surface area contributed by atoms with E-state index in [-0.39, 0.29) is 12.1 Å². The normalized spacial score (nSPS) is 22.2. The van der Waals surface area contributed by atoms with Crippen LogP contribution in [0.4, 0.5) is 4.79 Å². The molecule has 2 N–H and O–H groups in total. The SMILES string of the molecule is CC(c1ccc(-c2ccc(C3(O)COC3)cc2)cc1)N1CCC(CC(C)(C)O)(c2ccccc2)OC1=O. The van der Waals surface area contributed by atoms with Crippen molar-refractivity contribution >= 4 is 6.09 Å². The summed E-state index contributed by atoms with van der Waals surface area (Å²) in [4.78, 5) is 15.1. The molecule has 6 heteroatoms. The molecular formula is C31H35NO5. The third-order valence-electron chi connectivity index (χ3n) is 7.59. The Hall–Kier alpha value is -3.19. The van der Waals surface area contributed by atoms with Crippen molar-refractivity contribution in [3.05, 3.63) is 95.6 Å². The minimum absolute atomic E-state index is 0.160. The monoisotopic (exact) mass is 501 g/mol. The van der Waals surface area contributed by atoms with Gasteiger partial charge in [0.15, 0.2) is 0 Å². The molecule has 1 amide bonds. The van der Waals surface area contributed by atoms with Crippen LogP contribution in [0.3, 0.4) is 0 Å². The lowest BCUT2D eigenvalue weighted by Gasteiger charge is -2.45. The first-order valence-electron chi connectivity index (χ1n) is 12.9. The minimum atomic E-state index is -0.985. The van der Waals surface area contributed by atoms with Crippen LogP contribution in [0.5, 0.6) is 0 Å². The van der Waals surface area contributed by atoms with E-state index in [2.05, 4.69) is 12.1 Å². The maximum absolute atomic E-state index is 13.3. The fraction of sp³-hybridized carbons (Fsp3) is 0.387. The molecule has 0 radical (unpaired) electrons. The summed E-state index contributed by atoms with van der Waals surface area (Å²) < 4.78 is 11.3. The molecule has 194 valence electrons. The molecular weight excluding hydrogens is 466 g/mol. The smallest absolute Gasteiger partial charge is 0.411 e. The fourth-order valence-electron chi connectivity index (χ4n) is 5.46. The average molecular weight is 502 g/mol. The molecule has 3 aromatic rings. The van der Waals surface area contributed by atoms with Gasteiger partial charge >= 0.3 is 6.09 Å². The van der Waals surface area contributed by atoms with E-state index in [4.69, 9.17) is 9.47 Å². The minimum Gasteiger partial charge on any atom is -0.438 e. The molecule has 2 atom stereocenters. The van der Waals surface area contributed by atoms with Crippen LogP contribution in [0.25, 0.3) is 11.1 Å². The number of aliphatic hydroxyl groups is 2. The van der Waals surface area contributed by atoms with E-state index in [9.17, 15) is 15.0 Å². The number of rotatable bonds is 7. The maximum Gasteiger partial charge on any atom is 0.411 e. The van der Waals surface area contributed by atoms with Crippen molar-refractivity contribution in [3.8, 4) is 11.1 Å². The number of hydrogen-bond acceptors (Lipinski definition) is 5. The summed E-state index contributed by atoms with van der Waals surface area (Å²) in [6.45, 7) is 6.71. The van der Waals surface area contributed by atoms with Crippen LogP contribution >= 0.6 is 0 Å². The van der Waals surface area contributed by atoms with Crippen LogP contribution in [-0.2, 0) is 20.7 Å². The zero-order valence-corrected chi connectivity index (χ0v) is 21.7. The lowest BCUT2D eigenvalue weighted by Crippen LogP contribution is -2.51. The summed E-state index contributed by atoms with van der Waals surface area (Å²) >= 11 is 0. The number of carbonyl (C=O) groups is 1. The second kappa shape index (κ2) is 9.60. The first kappa shape index (κ1) is 25.5. The lowest BCUT2D eigenvalue weighted by atomic mass is 9.80. The van der Waals surface area contributed by atoms with Gasteiger partial charge in [-0.3, -0.25) is 0 Å². The number of ether oxygens (including phenoxy) is 2. The van der Waals surface area contributed by atoms with Crippen molar-refractivity contribution in [2.75, 3.05) is 19.8 Å². The van der Waals surface area contributed by atoms with Gasteiger partial charge in [0.25, 0.3) is 0 Å². The maximum atomic E-state index is 13.3. The highest BCUT2D eigenvalue weighted by atomic mass is 16.6. The van der Waals surface area contributed by atoms with Gasteiger partial charge in [0.05, 0.1) is 24.9 Å². The third kappa shape index (κ3) is 5.14. The Morgan fingerprint density at radius 3 is 2.03 bits per heavy atom. The molecule has 2 aliphatic heterocycles. The summed E-state index contributed by atoms with van der Waals surface area (Å²) in [6, 6.07) is 25.7. The highest BCUT2D eigenvalue weighted by Gasteiger charge is 2.46. The summed E-state index contributed by atoms with van der Waals surface area (Å²) in [6.07, 6.45) is 0.554. The van der Waals surface area contributed by atoms with Gasteiger partial charge in [-0.25, -0.2) is 4.79 Å². The zero-order valence-electron chi connectivity index (χ0n) is 21.7. The van der Waals surface area contributed by atoms with E-state index in [0.29, 0.717) is 32.6 Å². The molecule has 6 nitrogen and oxygen atoms in total. The number of benzene rings is 3. The Balaban J connectivity index is 1.30. The van der Waals surface area contributed by atoms with Crippen LogP contribution in [-0.4, -0.2) is 46.6 Å². The van der Waals surface area contributed by atoms with E-state index in [1.807, 2.05) is 73.7 Å². The topological polar surface area (TPSA) is 79.2 Å². The van der Waals surface area contributed by atoms with Crippen molar-refractivity contribution in [1.29, 1.82) is 0 Å². The van der Waals surface area contributed by atoms with Crippen LogP contribution in [0.15, 0.2) is 78.9 Å². The van der Waals surface area contributed by atoms with Gasteiger partial charge in [-0.05, 0) is 48.6 Å². The van der Waals surface area contributed by atoms with Crippen molar-refractivity contribution in [2.24, 2.45) is 0 Å². The molecule has 2 unspecified atom stereocenters. The Bertz CT molecular complexity index is 1230. The molecule has 0 bridgehead atoms. The molecule has 5 rings (SSSR count). The number of amides is 1. The van der Waals surface area contributed by atoms with Gasteiger partial charge < -0.3 is 24.6 Å². The number of nitrogens with zero attached hydrogens (tertiary/aromatic N) is 1. The molecule has 2 aliphatic rings. The molecule has 0 spiro atoms. The van der Waals surface area contributed by atoms with Crippen molar-refractivity contribution in [2.45, 2.75) is 56.5 Å². The highest BCUT2D eigenvalue weighted by molar-refractivity contribution is 5.70. The number of carbonyl (C=O) groups excluding carboxylic acids is 1. The Labute approximate surface area is 218 Å². The first-order valence-corrected chi connectivity index (χ1v) is 12.9. The Kier molecular flexibility index (Phi) is 6.61. The van der Waals surface area contributed by atoms with E-state index in [1.165, 1.54) is 0 Å². The van der Waals surface area contributed by atoms with Crippen molar-refractivity contribution < 1.29 is 24.5 Å². The molecule has 3 aromatic carbocycles. The highest BCUT2D eigenvalue weighted by Crippen LogP contribution is 2.42. The van der Waals surface area contributed by atoms with Gasteiger partial charge in [-0.15, -0.1) is 0 Å². The summed E-state index contributed by atoms with van der Waals surface area (Å²) in [7, 11) is 0. The number of cyclic esters (lactones) is 1. The fourth-order valence-corrected chi connectivity index (χ4v) is 5.46. The summed E-state index contributed by atoms with van der Waals surface area (Å²) in [5.74, 6) is 0. The van der Waals surface area contributed by atoms with E-state index >= 15 is 0 Å². The summed E-state index contributed by atoms with van der Waals surface area (Å²) in [5, 5.41) is 21.1. The molecule has 0 saturated carbocycles. The van der Waals surface area contributed by atoms with E-state index in [1.54, 1.807) is 18.7 Å². The molecule has 2 fully saturated rings. The Morgan fingerprint density at radius 1 is 0.919 bits per heavy atom. The van der Waals surface area contributed by atoms with Crippen molar-refractivity contribution in [3.63, 3.8) is 0 Å². The van der Waals surface area contributed by atoms with Gasteiger partial charge in [0, 0.05) is 19.4 Å². The van der Waals surface area contributed by atoms with Gasteiger partial charge in [-0.2, -0.15) is 0 Å². The van der Waals surface area contributed by atoms with Crippen LogP contribution in [0, 0.1) is 0 Å². The predicted molar refractivity (Wildman–Crippen MR) is 142 cm³/mol. The third-order valence-corrected chi connectivity index (χ3v) is 7.59. The average Bonchev–Trinajstić information content (AvgIpc) is 2.87. The van der Waals surface area contributed by atoms with Gasteiger partial charge in [0.2, 0.25) is 0 Å². The van der Waals surface area contributed by atoms with Crippen molar-refractivity contribution in [1.82, 2.24) is 4.90 Å². The second-order valence-corrected chi connectivity index (χ2v) is 11.1. The summed E-state index contributed by atoms with van der Waals surface area (Å²) in [5.41, 5.74) is 2.21. The largest absolute Gasteiger partial charge is 0.438 e.